The first-order chi connectivity index (χ1) is 11.2. The molecule has 124 valence electrons. The zero-order chi connectivity index (χ0) is 17.9. The summed E-state index contributed by atoms with van der Waals surface area (Å²) >= 11 is 1.64. The Morgan fingerprint density at radius 1 is 1.42 bits per heavy atom. The van der Waals surface area contributed by atoms with Crippen LogP contribution in [0.15, 0.2) is 24.7 Å². The topological polar surface area (TPSA) is 51.0 Å². The van der Waals surface area contributed by atoms with Gasteiger partial charge in [0.25, 0.3) is 0 Å². The van der Waals surface area contributed by atoms with E-state index in [0.717, 1.165) is 17.6 Å². The summed E-state index contributed by atoms with van der Waals surface area (Å²) in [4.78, 5) is 18.3. The third kappa shape index (κ3) is 4.23. The smallest absolute Gasteiger partial charge is 0.226 e. The largest absolute Gasteiger partial charge is 0.327 e. The van der Waals surface area contributed by atoms with Crippen LogP contribution < -0.4 is 4.90 Å². The molecule has 0 saturated heterocycles. The van der Waals surface area contributed by atoms with Gasteiger partial charge in [0.05, 0.1) is 35.7 Å². The summed E-state index contributed by atoms with van der Waals surface area (Å²) in [6.45, 7) is 1.85. The van der Waals surface area contributed by atoms with Crippen LogP contribution in [0.1, 0.15) is 12.1 Å². The van der Waals surface area contributed by atoms with Gasteiger partial charge in [-0.25, -0.2) is 9.07 Å². The predicted molar refractivity (Wildman–Crippen MR) is 105 cm³/mol. The monoisotopic (exact) mass is 344 g/mol. The SMILES string of the molecule is BC(B)(B)N(C(=O)CCSC)c1cn(-c2cncc(F)c2)nc1C. The van der Waals surface area contributed by atoms with Gasteiger partial charge in [0.2, 0.25) is 5.91 Å². The maximum atomic E-state index is 13.4. The van der Waals surface area contributed by atoms with E-state index in [1.807, 2.05) is 36.7 Å². The first kappa shape index (κ1) is 18.6. The van der Waals surface area contributed by atoms with Gasteiger partial charge in [-0.1, -0.05) is 0 Å². The maximum Gasteiger partial charge on any atom is 0.226 e. The molecule has 0 N–H and O–H groups in total. The molecule has 2 rings (SSSR count). The molecule has 2 heterocycles. The second-order valence-electron chi connectivity index (χ2n) is 6.55. The third-order valence-electron chi connectivity index (χ3n) is 3.51. The molecule has 0 radical (unpaired) electrons. The lowest BCUT2D eigenvalue weighted by atomic mass is 9.48. The fraction of sp³-hybridized carbons (Fsp3) is 0.357. The Morgan fingerprint density at radius 3 is 2.71 bits per heavy atom. The van der Waals surface area contributed by atoms with Crippen LogP contribution in [0.5, 0.6) is 0 Å². The predicted octanol–water partition coefficient (Wildman–Crippen LogP) is -0.688. The van der Waals surface area contributed by atoms with Crippen LogP contribution in [0, 0.1) is 12.7 Å². The van der Waals surface area contributed by atoms with Gasteiger partial charge in [0.1, 0.15) is 29.4 Å². The van der Waals surface area contributed by atoms with Crippen molar-refractivity contribution >= 4 is 46.9 Å². The van der Waals surface area contributed by atoms with Crippen molar-refractivity contribution in [1.29, 1.82) is 0 Å². The number of hydrogen-bond donors (Lipinski definition) is 0. The van der Waals surface area contributed by atoms with Crippen molar-refractivity contribution in [2.45, 2.75) is 18.6 Å². The van der Waals surface area contributed by atoms with Gasteiger partial charge in [0.15, 0.2) is 0 Å². The standard InChI is InChI=1S/C14H20B3FN4OS/c1-9-12(22(14(15,16)17)13(23)3-4-24-2)8-21(20-9)11-5-10(18)6-19-7-11/h5-8H,3-4,15-17H2,1-2H3. The first-order valence-corrected chi connectivity index (χ1v) is 9.12. The number of nitrogens with zero attached hydrogens (tertiary/aromatic N) is 4. The van der Waals surface area contributed by atoms with Gasteiger partial charge in [-0.2, -0.15) is 16.9 Å². The second-order valence-corrected chi connectivity index (χ2v) is 7.53. The van der Waals surface area contributed by atoms with Crippen LogP contribution in [0.25, 0.3) is 5.69 Å². The van der Waals surface area contributed by atoms with Crippen molar-refractivity contribution in [2.24, 2.45) is 0 Å². The van der Waals surface area contributed by atoms with Crippen molar-refractivity contribution in [3.63, 3.8) is 0 Å². The number of aryl methyl sites for hydroxylation is 1. The number of halogens is 1. The molecule has 0 aromatic carbocycles. The molecule has 0 saturated carbocycles. The van der Waals surface area contributed by atoms with E-state index in [4.69, 9.17) is 0 Å². The minimum absolute atomic E-state index is 0.0527. The van der Waals surface area contributed by atoms with Gasteiger partial charge in [-0.3, -0.25) is 9.78 Å². The van der Waals surface area contributed by atoms with E-state index in [-0.39, 0.29) is 11.1 Å². The fourth-order valence-electron chi connectivity index (χ4n) is 2.50. The van der Waals surface area contributed by atoms with Crippen molar-refractivity contribution in [3.8, 4) is 5.69 Å². The van der Waals surface area contributed by atoms with Crippen LogP contribution in [-0.4, -0.2) is 61.5 Å². The Kier molecular flexibility index (Phi) is 5.80. The number of carbonyl (C=O) groups excluding carboxylic acids is 1. The van der Waals surface area contributed by atoms with Gasteiger partial charge >= 0.3 is 0 Å². The highest BCUT2D eigenvalue weighted by Crippen LogP contribution is 2.25. The number of amides is 1. The number of anilines is 1. The molecule has 0 bridgehead atoms. The number of thioether (sulfide) groups is 1. The summed E-state index contributed by atoms with van der Waals surface area (Å²) in [6.07, 6.45) is 6.89. The lowest BCUT2D eigenvalue weighted by molar-refractivity contribution is -0.118. The highest BCUT2D eigenvalue weighted by atomic mass is 32.2. The molecule has 0 unspecified atom stereocenters. The van der Waals surface area contributed by atoms with Crippen LogP contribution in [0.3, 0.4) is 0 Å². The molecule has 2 aromatic rings. The summed E-state index contributed by atoms with van der Waals surface area (Å²) in [5, 5.41) is 4.05. The van der Waals surface area contributed by atoms with E-state index in [2.05, 4.69) is 10.1 Å². The van der Waals surface area contributed by atoms with Gasteiger partial charge in [0, 0.05) is 18.2 Å². The molecule has 0 aliphatic heterocycles. The molecule has 0 atom stereocenters. The van der Waals surface area contributed by atoms with Crippen molar-refractivity contribution in [1.82, 2.24) is 14.8 Å². The second kappa shape index (κ2) is 7.46. The van der Waals surface area contributed by atoms with Crippen LogP contribution in [0.2, 0.25) is 0 Å². The summed E-state index contributed by atoms with van der Waals surface area (Å²) in [7, 11) is 5.97. The molecule has 24 heavy (non-hydrogen) atoms. The normalized spacial score (nSPS) is 11.5. The molecular formula is C14H20B3FN4OS. The molecule has 5 nitrogen and oxygen atoms in total. The molecule has 10 heteroatoms. The van der Waals surface area contributed by atoms with Gasteiger partial charge < -0.3 is 4.90 Å². The lowest BCUT2D eigenvalue weighted by Crippen LogP contribution is -2.54. The molecule has 1 amide bonds. The highest BCUT2D eigenvalue weighted by molar-refractivity contribution is 7.98. The number of carbonyl (C=O) groups is 1. The molecule has 0 fully saturated rings. The van der Waals surface area contributed by atoms with Crippen LogP contribution >= 0.6 is 11.8 Å². The van der Waals surface area contributed by atoms with Gasteiger partial charge in [-0.15, -0.1) is 0 Å². The Labute approximate surface area is 148 Å². The Hall–Kier alpha value is -1.70. The Bertz CT molecular complexity index is 735. The molecule has 0 spiro atoms. The average molecular weight is 344 g/mol. The Morgan fingerprint density at radius 2 is 2.12 bits per heavy atom. The van der Waals surface area contributed by atoms with E-state index in [1.165, 1.54) is 12.3 Å². The third-order valence-corrected chi connectivity index (χ3v) is 4.12. The number of hydrogen-bond acceptors (Lipinski definition) is 4. The number of aromatic nitrogens is 3. The fourth-order valence-corrected chi connectivity index (χ4v) is 2.88. The maximum absolute atomic E-state index is 13.4. The molecule has 0 aliphatic carbocycles. The van der Waals surface area contributed by atoms with E-state index < -0.39 is 5.82 Å². The quantitative estimate of drug-likeness (QED) is 0.652. The van der Waals surface area contributed by atoms with Crippen LogP contribution in [0.4, 0.5) is 10.1 Å². The van der Waals surface area contributed by atoms with E-state index in [9.17, 15) is 9.18 Å². The first-order valence-electron chi connectivity index (χ1n) is 7.73. The van der Waals surface area contributed by atoms with E-state index >= 15 is 0 Å². The minimum Gasteiger partial charge on any atom is -0.327 e. The summed E-state index contributed by atoms with van der Waals surface area (Å²) in [6, 6.07) is 1.36. The number of rotatable bonds is 6. The van der Waals surface area contributed by atoms with E-state index in [1.54, 1.807) is 27.5 Å². The summed E-state index contributed by atoms with van der Waals surface area (Å²) < 4.78 is 15.0. The zero-order valence-electron chi connectivity index (χ0n) is 14.7. The van der Waals surface area contributed by atoms with Gasteiger partial charge in [-0.05, 0) is 18.4 Å². The lowest BCUT2D eigenvalue weighted by Gasteiger charge is -2.36. The number of pyridine rings is 1. The highest BCUT2D eigenvalue weighted by Gasteiger charge is 2.30. The molecule has 0 aliphatic rings. The Balaban J connectivity index is 2.42. The van der Waals surface area contributed by atoms with Crippen molar-refractivity contribution in [3.05, 3.63) is 36.2 Å². The molecule has 2 aromatic heterocycles. The van der Waals surface area contributed by atoms with Crippen LogP contribution in [-0.2, 0) is 4.79 Å². The zero-order valence-corrected chi connectivity index (χ0v) is 15.5. The van der Waals surface area contributed by atoms with E-state index in [0.29, 0.717) is 17.8 Å². The minimum atomic E-state index is -0.425. The molecular weight excluding hydrogens is 324 g/mol. The summed E-state index contributed by atoms with van der Waals surface area (Å²) in [5.74, 6) is 0.398. The summed E-state index contributed by atoms with van der Waals surface area (Å²) in [5.41, 5.74) is 1.97. The van der Waals surface area contributed by atoms with Crippen molar-refractivity contribution in [2.75, 3.05) is 16.9 Å². The average Bonchev–Trinajstić information content (AvgIpc) is 2.85. The van der Waals surface area contributed by atoms with Crippen molar-refractivity contribution < 1.29 is 9.18 Å².